The molecule has 0 aromatic carbocycles. The first-order valence-electron chi connectivity index (χ1n) is 6.26. The predicted molar refractivity (Wildman–Crippen MR) is 63.3 cm³/mol. The number of aliphatic hydroxyl groups is 1. The third-order valence-corrected chi connectivity index (χ3v) is 3.50. The van der Waals surface area contributed by atoms with Gasteiger partial charge in [0.25, 0.3) is 0 Å². The van der Waals surface area contributed by atoms with Crippen LogP contribution in [-0.2, 0) is 9.53 Å². The molecule has 94 valence electrons. The molecule has 0 bridgehead atoms. The van der Waals surface area contributed by atoms with Gasteiger partial charge in [-0.1, -0.05) is 13.3 Å². The van der Waals surface area contributed by atoms with Crippen LogP contribution < -0.4 is 0 Å². The lowest BCUT2D eigenvalue weighted by Gasteiger charge is -2.09. The average molecular weight is 228 g/mol. The fourth-order valence-corrected chi connectivity index (χ4v) is 2.07. The lowest BCUT2D eigenvalue weighted by Crippen LogP contribution is -2.15. The van der Waals surface area contributed by atoms with Gasteiger partial charge in [0.1, 0.15) is 11.4 Å². The van der Waals surface area contributed by atoms with Gasteiger partial charge in [-0.15, -0.1) is 0 Å². The largest absolute Gasteiger partial charge is 0.393 e. The van der Waals surface area contributed by atoms with E-state index in [4.69, 9.17) is 9.84 Å². The van der Waals surface area contributed by atoms with Crippen LogP contribution in [0.5, 0.6) is 0 Å². The molecule has 16 heavy (non-hydrogen) atoms. The van der Waals surface area contributed by atoms with Gasteiger partial charge < -0.3 is 14.6 Å². The average Bonchev–Trinajstić information content (AvgIpc) is 2.87. The quantitative estimate of drug-likeness (QED) is 0.649. The Bertz CT molecular complexity index is 239. The fraction of sp³-hybridized carbons (Fsp3) is 0.923. The Hall–Kier alpha value is -0.410. The molecular weight excluding hydrogens is 204 g/mol. The second kappa shape index (κ2) is 5.78. The van der Waals surface area contributed by atoms with Crippen LogP contribution in [0.4, 0.5) is 0 Å². The molecule has 1 N–H and O–H groups in total. The molecule has 0 spiro atoms. The number of hydrogen-bond donors (Lipinski definition) is 1. The van der Waals surface area contributed by atoms with E-state index in [0.717, 1.165) is 25.7 Å². The van der Waals surface area contributed by atoms with E-state index in [2.05, 4.69) is 6.92 Å². The number of rotatable bonds is 8. The molecule has 3 atom stereocenters. The third-order valence-electron chi connectivity index (χ3n) is 3.50. The van der Waals surface area contributed by atoms with Crippen molar-refractivity contribution in [3.63, 3.8) is 0 Å². The molecular formula is C13H24O3. The predicted octanol–water partition coefficient (Wildman–Crippen LogP) is 2.31. The molecule has 0 unspecified atom stereocenters. The van der Waals surface area contributed by atoms with Gasteiger partial charge in [-0.25, -0.2) is 0 Å². The summed E-state index contributed by atoms with van der Waals surface area (Å²) in [6, 6.07) is 0. The van der Waals surface area contributed by atoms with Crippen molar-refractivity contribution in [2.45, 2.75) is 64.6 Å². The van der Waals surface area contributed by atoms with Crippen molar-refractivity contribution < 1.29 is 14.6 Å². The Kier molecular flexibility index (Phi) is 4.93. The Morgan fingerprint density at radius 1 is 1.50 bits per heavy atom. The highest BCUT2D eigenvalue weighted by molar-refractivity contribution is 5.75. The number of Topliss-reactive ketones (excluding diaryl/α,β-unsaturated/α-hetero) is 1. The van der Waals surface area contributed by atoms with Crippen LogP contribution in [-0.4, -0.2) is 29.2 Å². The summed E-state index contributed by atoms with van der Waals surface area (Å²) in [6.07, 6.45) is 5.21. The molecule has 1 fully saturated rings. The van der Waals surface area contributed by atoms with E-state index < -0.39 is 0 Å². The lowest BCUT2D eigenvalue weighted by molar-refractivity contribution is -0.117. The maximum atomic E-state index is 10.8. The summed E-state index contributed by atoms with van der Waals surface area (Å²) in [5, 5.41) is 9.04. The molecule has 1 saturated heterocycles. The summed E-state index contributed by atoms with van der Waals surface area (Å²) in [7, 11) is 0. The fourth-order valence-electron chi connectivity index (χ4n) is 2.07. The zero-order chi connectivity index (χ0) is 12.2. The summed E-state index contributed by atoms with van der Waals surface area (Å²) < 4.78 is 5.44. The Balaban J connectivity index is 2.03. The Labute approximate surface area is 98.2 Å². The normalized spacial score (nSPS) is 30.1. The van der Waals surface area contributed by atoms with E-state index in [0.29, 0.717) is 12.3 Å². The summed E-state index contributed by atoms with van der Waals surface area (Å²) in [6.45, 7) is 5.95. The van der Waals surface area contributed by atoms with E-state index in [9.17, 15) is 4.79 Å². The minimum Gasteiger partial charge on any atom is -0.393 e. The molecule has 0 aliphatic carbocycles. The number of hydrogen-bond acceptors (Lipinski definition) is 3. The van der Waals surface area contributed by atoms with E-state index in [1.54, 1.807) is 6.92 Å². The number of ketones is 1. The van der Waals surface area contributed by atoms with E-state index in [1.165, 1.54) is 0 Å². The summed E-state index contributed by atoms with van der Waals surface area (Å²) in [5.41, 5.74) is -0.265. The van der Waals surface area contributed by atoms with Crippen LogP contribution in [0, 0.1) is 5.92 Å². The van der Waals surface area contributed by atoms with Crippen LogP contribution in [0.3, 0.4) is 0 Å². The highest BCUT2D eigenvalue weighted by Crippen LogP contribution is 2.39. The second-order valence-electron chi connectivity index (χ2n) is 5.35. The van der Waals surface area contributed by atoms with Crippen molar-refractivity contribution >= 4 is 5.78 Å². The molecule has 3 nitrogen and oxygen atoms in total. The first kappa shape index (κ1) is 13.7. The Morgan fingerprint density at radius 3 is 2.69 bits per heavy atom. The highest BCUT2D eigenvalue weighted by Gasteiger charge is 2.51. The number of carbonyl (C=O) groups is 1. The second-order valence-corrected chi connectivity index (χ2v) is 5.35. The molecule has 3 heteroatoms. The van der Waals surface area contributed by atoms with Crippen molar-refractivity contribution in [1.29, 1.82) is 0 Å². The molecule has 0 aromatic rings. The zero-order valence-electron chi connectivity index (χ0n) is 10.7. The van der Waals surface area contributed by atoms with E-state index >= 15 is 0 Å². The SMILES string of the molecule is CC(=O)CCC[C@H](C)CC[C@@H]1O[C@@]1(C)CO. The van der Waals surface area contributed by atoms with Crippen LogP contribution in [0.1, 0.15) is 52.9 Å². The summed E-state index contributed by atoms with van der Waals surface area (Å²) >= 11 is 0. The van der Waals surface area contributed by atoms with Crippen molar-refractivity contribution in [3.05, 3.63) is 0 Å². The van der Waals surface area contributed by atoms with Gasteiger partial charge in [0.15, 0.2) is 0 Å². The number of carbonyl (C=O) groups excluding carboxylic acids is 1. The van der Waals surface area contributed by atoms with Gasteiger partial charge in [-0.2, -0.15) is 0 Å². The van der Waals surface area contributed by atoms with Gasteiger partial charge >= 0.3 is 0 Å². The number of epoxide rings is 1. The monoisotopic (exact) mass is 228 g/mol. The summed E-state index contributed by atoms with van der Waals surface area (Å²) in [4.78, 5) is 10.8. The first-order valence-corrected chi connectivity index (χ1v) is 6.26. The van der Waals surface area contributed by atoms with Gasteiger partial charge in [-0.3, -0.25) is 0 Å². The maximum Gasteiger partial charge on any atom is 0.129 e. The minimum atomic E-state index is -0.265. The topological polar surface area (TPSA) is 49.8 Å². The number of ether oxygens (including phenoxy) is 1. The lowest BCUT2D eigenvalue weighted by atomic mass is 9.95. The molecule has 0 radical (unpaired) electrons. The van der Waals surface area contributed by atoms with Crippen molar-refractivity contribution in [2.24, 2.45) is 5.92 Å². The first-order chi connectivity index (χ1) is 7.48. The Morgan fingerprint density at radius 2 is 2.19 bits per heavy atom. The van der Waals surface area contributed by atoms with E-state index in [-0.39, 0.29) is 24.1 Å². The van der Waals surface area contributed by atoms with Crippen LogP contribution in [0.15, 0.2) is 0 Å². The van der Waals surface area contributed by atoms with Gasteiger partial charge in [-0.05, 0) is 39.0 Å². The van der Waals surface area contributed by atoms with E-state index in [1.807, 2.05) is 6.92 Å². The maximum absolute atomic E-state index is 10.8. The molecule has 0 amide bonds. The molecule has 1 aliphatic heterocycles. The minimum absolute atomic E-state index is 0.121. The molecule has 1 heterocycles. The highest BCUT2D eigenvalue weighted by atomic mass is 16.6. The molecule has 1 rings (SSSR count). The molecule has 0 saturated carbocycles. The molecule has 0 aromatic heterocycles. The van der Waals surface area contributed by atoms with Crippen LogP contribution in [0.2, 0.25) is 0 Å². The third kappa shape index (κ3) is 4.22. The van der Waals surface area contributed by atoms with Crippen molar-refractivity contribution in [1.82, 2.24) is 0 Å². The van der Waals surface area contributed by atoms with Gasteiger partial charge in [0.05, 0.1) is 12.7 Å². The van der Waals surface area contributed by atoms with Gasteiger partial charge in [0, 0.05) is 6.42 Å². The van der Waals surface area contributed by atoms with Crippen LogP contribution in [0.25, 0.3) is 0 Å². The van der Waals surface area contributed by atoms with Crippen molar-refractivity contribution in [3.8, 4) is 0 Å². The van der Waals surface area contributed by atoms with Crippen LogP contribution >= 0.6 is 0 Å². The zero-order valence-corrected chi connectivity index (χ0v) is 10.7. The van der Waals surface area contributed by atoms with Gasteiger partial charge in [0.2, 0.25) is 0 Å². The van der Waals surface area contributed by atoms with Crippen molar-refractivity contribution in [2.75, 3.05) is 6.61 Å². The molecule has 1 aliphatic rings. The standard InChI is InChI=1S/C13H24O3/c1-10(5-4-6-11(2)15)7-8-12-13(3,9-14)16-12/h10,12,14H,4-9H2,1-3H3/t10-,12-,13-/m0/s1. The smallest absolute Gasteiger partial charge is 0.129 e. The number of aliphatic hydroxyl groups excluding tert-OH is 1. The summed E-state index contributed by atoms with van der Waals surface area (Å²) in [5.74, 6) is 0.928.